The Morgan fingerprint density at radius 1 is 1.11 bits per heavy atom. The molecule has 2 aromatic carbocycles. The lowest BCUT2D eigenvalue weighted by Gasteiger charge is -2.29. The molecular formula is C22H25N3O2. The van der Waals surface area contributed by atoms with Gasteiger partial charge in [-0.15, -0.1) is 0 Å². The molecule has 0 radical (unpaired) electrons. The molecule has 1 amide bonds. The molecule has 0 saturated carbocycles. The third kappa shape index (κ3) is 3.23. The van der Waals surface area contributed by atoms with Crippen LogP contribution in [0.1, 0.15) is 19.8 Å². The molecule has 2 heterocycles. The van der Waals surface area contributed by atoms with E-state index in [9.17, 15) is 9.59 Å². The maximum atomic E-state index is 13.3. The number of rotatable bonds is 5. The molecule has 0 spiro atoms. The van der Waals surface area contributed by atoms with Crippen molar-refractivity contribution in [3.8, 4) is 0 Å². The third-order valence-electron chi connectivity index (χ3n) is 5.43. The zero-order valence-corrected chi connectivity index (χ0v) is 15.6. The summed E-state index contributed by atoms with van der Waals surface area (Å²) in [6, 6.07) is 15.4. The smallest absolute Gasteiger partial charge is 0.242 e. The number of nitrogens with zero attached hydrogens (tertiary/aromatic N) is 2. The van der Waals surface area contributed by atoms with Crippen LogP contribution < -0.4 is 10.7 Å². The standard InChI is InChI=1S/C22H25N3O2/c1-2-13-24(16-11-12-23-14-16)21(26)15-25-19-9-5-3-7-17(19)22(27)18-8-4-6-10-20(18)25/h3-10,16,23H,2,11-15H2,1H3. The number of fused-ring (bicyclic) bond motifs is 2. The number of aromatic nitrogens is 1. The van der Waals surface area contributed by atoms with Gasteiger partial charge in [0.15, 0.2) is 5.43 Å². The van der Waals surface area contributed by atoms with E-state index in [1.54, 1.807) is 0 Å². The Hall–Kier alpha value is -2.66. The van der Waals surface area contributed by atoms with Gasteiger partial charge in [0.1, 0.15) is 6.54 Å². The fourth-order valence-corrected chi connectivity index (χ4v) is 4.13. The highest BCUT2D eigenvalue weighted by Gasteiger charge is 2.26. The minimum absolute atomic E-state index is 0.0234. The molecule has 4 rings (SSSR count). The number of nitrogens with one attached hydrogen (secondary N) is 1. The zero-order chi connectivity index (χ0) is 18.8. The second kappa shape index (κ2) is 7.53. The Labute approximate surface area is 158 Å². The lowest BCUT2D eigenvalue weighted by Crippen LogP contribution is -2.43. The Bertz CT molecular complexity index is 975. The maximum Gasteiger partial charge on any atom is 0.242 e. The minimum atomic E-state index is 0.0234. The predicted octanol–water partition coefficient (Wildman–Crippen LogP) is 2.76. The van der Waals surface area contributed by atoms with Crippen molar-refractivity contribution in [3.05, 3.63) is 58.8 Å². The fraction of sp³-hybridized carbons (Fsp3) is 0.364. The van der Waals surface area contributed by atoms with Gasteiger partial charge in [0.2, 0.25) is 5.91 Å². The summed E-state index contributed by atoms with van der Waals surface area (Å²) in [7, 11) is 0. The van der Waals surface area contributed by atoms with Crippen LogP contribution in [0, 0.1) is 0 Å². The van der Waals surface area contributed by atoms with E-state index in [-0.39, 0.29) is 23.9 Å². The quantitative estimate of drug-likeness (QED) is 0.709. The van der Waals surface area contributed by atoms with E-state index in [0.717, 1.165) is 43.5 Å². The van der Waals surface area contributed by atoms with Crippen LogP contribution in [0.3, 0.4) is 0 Å². The van der Waals surface area contributed by atoms with Gasteiger partial charge in [-0.3, -0.25) is 9.59 Å². The fourth-order valence-electron chi connectivity index (χ4n) is 4.13. The van der Waals surface area contributed by atoms with E-state index in [0.29, 0.717) is 10.8 Å². The average molecular weight is 363 g/mol. The Balaban J connectivity index is 1.81. The van der Waals surface area contributed by atoms with Crippen molar-refractivity contribution in [1.29, 1.82) is 0 Å². The summed E-state index contributed by atoms with van der Waals surface area (Å²) in [4.78, 5) is 28.1. The molecule has 1 unspecified atom stereocenters. The SMILES string of the molecule is CCCN(C(=O)Cn1c2ccccc2c(=O)c2ccccc21)C1CCNC1. The van der Waals surface area contributed by atoms with Crippen LogP contribution in [0.25, 0.3) is 21.8 Å². The van der Waals surface area contributed by atoms with E-state index >= 15 is 0 Å². The number of pyridine rings is 1. The summed E-state index contributed by atoms with van der Waals surface area (Å²) < 4.78 is 2.00. The van der Waals surface area contributed by atoms with Crippen molar-refractivity contribution in [2.75, 3.05) is 19.6 Å². The second-order valence-corrected chi connectivity index (χ2v) is 7.18. The predicted molar refractivity (Wildman–Crippen MR) is 109 cm³/mol. The molecule has 1 aliphatic rings. The van der Waals surface area contributed by atoms with E-state index in [1.807, 2.05) is 58.0 Å². The molecule has 140 valence electrons. The molecule has 0 aliphatic carbocycles. The molecule has 27 heavy (non-hydrogen) atoms. The second-order valence-electron chi connectivity index (χ2n) is 7.18. The lowest BCUT2D eigenvalue weighted by atomic mass is 10.1. The van der Waals surface area contributed by atoms with Crippen LogP contribution in [0.2, 0.25) is 0 Å². The van der Waals surface area contributed by atoms with E-state index in [2.05, 4.69) is 12.2 Å². The van der Waals surface area contributed by atoms with Crippen molar-refractivity contribution >= 4 is 27.7 Å². The average Bonchev–Trinajstić information content (AvgIpc) is 3.23. The minimum Gasteiger partial charge on any atom is -0.337 e. The van der Waals surface area contributed by atoms with Gasteiger partial charge in [0, 0.05) is 29.9 Å². The molecule has 1 aromatic heterocycles. The van der Waals surface area contributed by atoms with Crippen LogP contribution in [0.15, 0.2) is 53.3 Å². The monoisotopic (exact) mass is 363 g/mol. The summed E-state index contributed by atoms with van der Waals surface area (Å²) in [5.41, 5.74) is 1.65. The van der Waals surface area contributed by atoms with Crippen molar-refractivity contribution in [1.82, 2.24) is 14.8 Å². The molecule has 0 bridgehead atoms. The summed E-state index contributed by atoms with van der Waals surface area (Å²) in [6.45, 7) is 4.94. The zero-order valence-electron chi connectivity index (χ0n) is 15.6. The first-order valence-electron chi connectivity index (χ1n) is 9.71. The number of para-hydroxylation sites is 2. The Morgan fingerprint density at radius 3 is 2.30 bits per heavy atom. The number of hydrogen-bond donors (Lipinski definition) is 1. The van der Waals surface area contributed by atoms with Gasteiger partial charge >= 0.3 is 0 Å². The first-order valence-corrected chi connectivity index (χ1v) is 9.71. The van der Waals surface area contributed by atoms with Gasteiger partial charge in [-0.05, 0) is 43.7 Å². The number of amides is 1. The van der Waals surface area contributed by atoms with Crippen molar-refractivity contribution in [2.24, 2.45) is 0 Å². The van der Waals surface area contributed by atoms with Gasteiger partial charge in [0.25, 0.3) is 0 Å². The topological polar surface area (TPSA) is 54.3 Å². The van der Waals surface area contributed by atoms with Crippen LogP contribution >= 0.6 is 0 Å². The Morgan fingerprint density at radius 2 is 1.74 bits per heavy atom. The molecule has 5 heteroatoms. The molecule has 1 aliphatic heterocycles. The highest BCUT2D eigenvalue weighted by molar-refractivity contribution is 5.94. The van der Waals surface area contributed by atoms with Gasteiger partial charge in [-0.1, -0.05) is 31.2 Å². The van der Waals surface area contributed by atoms with Gasteiger partial charge in [-0.25, -0.2) is 0 Å². The molecular weight excluding hydrogens is 338 g/mol. The molecule has 1 atom stereocenters. The largest absolute Gasteiger partial charge is 0.337 e. The molecule has 1 N–H and O–H groups in total. The number of benzene rings is 2. The summed E-state index contributed by atoms with van der Waals surface area (Å²) in [5, 5.41) is 4.68. The highest BCUT2D eigenvalue weighted by atomic mass is 16.2. The number of hydrogen-bond acceptors (Lipinski definition) is 3. The van der Waals surface area contributed by atoms with Crippen molar-refractivity contribution in [2.45, 2.75) is 32.4 Å². The van der Waals surface area contributed by atoms with Crippen molar-refractivity contribution < 1.29 is 4.79 Å². The number of carbonyl (C=O) groups excluding carboxylic acids is 1. The normalized spacial score (nSPS) is 16.9. The van der Waals surface area contributed by atoms with Crippen LogP contribution in [0.5, 0.6) is 0 Å². The third-order valence-corrected chi connectivity index (χ3v) is 5.43. The maximum absolute atomic E-state index is 13.3. The van der Waals surface area contributed by atoms with E-state index in [4.69, 9.17) is 0 Å². The van der Waals surface area contributed by atoms with E-state index < -0.39 is 0 Å². The van der Waals surface area contributed by atoms with Gasteiger partial charge in [-0.2, -0.15) is 0 Å². The first-order chi connectivity index (χ1) is 13.2. The summed E-state index contributed by atoms with van der Waals surface area (Å²) in [6.07, 6.45) is 1.94. The molecule has 3 aromatic rings. The molecule has 1 saturated heterocycles. The molecule has 5 nitrogen and oxygen atoms in total. The van der Waals surface area contributed by atoms with Crippen molar-refractivity contribution in [3.63, 3.8) is 0 Å². The summed E-state index contributed by atoms with van der Waals surface area (Å²) in [5.74, 6) is 0.115. The van der Waals surface area contributed by atoms with Crippen LogP contribution in [-0.2, 0) is 11.3 Å². The van der Waals surface area contributed by atoms with Gasteiger partial charge in [0.05, 0.1) is 11.0 Å². The number of carbonyl (C=O) groups is 1. The first kappa shape index (κ1) is 17.7. The summed E-state index contributed by atoms with van der Waals surface area (Å²) >= 11 is 0. The van der Waals surface area contributed by atoms with Gasteiger partial charge < -0.3 is 14.8 Å². The molecule has 1 fully saturated rings. The van der Waals surface area contributed by atoms with E-state index in [1.165, 1.54) is 0 Å². The Kier molecular flexibility index (Phi) is 4.94. The van der Waals surface area contributed by atoms with Crippen LogP contribution in [-0.4, -0.2) is 41.1 Å². The van der Waals surface area contributed by atoms with Crippen LogP contribution in [0.4, 0.5) is 0 Å². The lowest BCUT2D eigenvalue weighted by molar-refractivity contribution is -0.133. The highest BCUT2D eigenvalue weighted by Crippen LogP contribution is 2.20.